The maximum Gasteiger partial charge on any atom is 0.250 e. The molecule has 0 aliphatic heterocycles. The highest BCUT2D eigenvalue weighted by molar-refractivity contribution is 6.99. The van der Waals surface area contributed by atoms with Gasteiger partial charge in [-0.1, -0.05) is 197 Å². The van der Waals surface area contributed by atoms with Crippen LogP contribution in [-0.4, -0.2) is 23.3 Å². The molecule has 0 amide bonds. The van der Waals surface area contributed by atoms with E-state index in [2.05, 4.69) is 218 Å². The zero-order chi connectivity index (χ0) is 46.0. The lowest BCUT2D eigenvalue weighted by atomic mass is 9.33. The van der Waals surface area contributed by atoms with Gasteiger partial charge in [-0.2, -0.15) is 0 Å². The molecule has 0 unspecified atom stereocenters. The van der Waals surface area contributed by atoms with E-state index in [0.717, 1.165) is 11.5 Å². The molecule has 64 heavy (non-hydrogen) atoms. The summed E-state index contributed by atoms with van der Waals surface area (Å²) >= 11 is 0. The molecule has 0 saturated heterocycles. The van der Waals surface area contributed by atoms with Gasteiger partial charge < -0.3 is 8.85 Å². The SMILES string of the molecule is CC(C)c1cc(C(C)C)c(B(c2ccc3ccc4ccc(O[Si](C)(C)C(C)(C)C)c5ccc2c3c45)c2ccc3ccc4ccc(O[Si](C)(C)C(C)(C)C)c5ccc2c3c45)c(C(C)C)c1. The van der Waals surface area contributed by atoms with E-state index in [1.165, 1.54) is 97.7 Å². The smallest absolute Gasteiger partial charge is 0.250 e. The highest BCUT2D eigenvalue weighted by Crippen LogP contribution is 2.45. The molecule has 9 aromatic carbocycles. The molecular formula is C59H69BO2Si2. The fourth-order valence-electron chi connectivity index (χ4n) is 9.95. The Hall–Kier alpha value is -4.84. The van der Waals surface area contributed by atoms with Crippen molar-refractivity contribution in [2.45, 2.75) is 137 Å². The molecule has 0 fully saturated rings. The highest BCUT2D eigenvalue weighted by atomic mass is 28.4. The second-order valence-corrected chi connectivity index (χ2v) is 32.5. The first-order valence-electron chi connectivity index (χ1n) is 24.0. The Labute approximate surface area is 385 Å². The van der Waals surface area contributed by atoms with Gasteiger partial charge in [0.15, 0.2) is 0 Å². The fraction of sp³-hybridized carbons (Fsp3) is 0.356. The van der Waals surface area contributed by atoms with Crippen LogP contribution < -0.4 is 25.2 Å². The first kappa shape index (κ1) is 44.4. The Bertz CT molecular complexity index is 3020. The van der Waals surface area contributed by atoms with E-state index in [0.29, 0.717) is 17.8 Å². The molecule has 0 aliphatic rings. The minimum Gasteiger partial charge on any atom is -0.543 e. The summed E-state index contributed by atoms with van der Waals surface area (Å²) in [6.07, 6.45) is 0. The molecule has 2 nitrogen and oxygen atoms in total. The first-order valence-corrected chi connectivity index (χ1v) is 29.8. The van der Waals surface area contributed by atoms with Crippen molar-refractivity contribution in [1.29, 1.82) is 0 Å². The topological polar surface area (TPSA) is 18.5 Å². The minimum atomic E-state index is -2.11. The Kier molecular flexibility index (Phi) is 10.7. The zero-order valence-corrected chi connectivity index (χ0v) is 43.5. The van der Waals surface area contributed by atoms with Crippen molar-refractivity contribution in [1.82, 2.24) is 0 Å². The molecule has 0 N–H and O–H groups in total. The maximum absolute atomic E-state index is 7.14. The van der Waals surface area contributed by atoms with Crippen molar-refractivity contribution in [3.05, 3.63) is 126 Å². The summed E-state index contributed by atoms with van der Waals surface area (Å²) in [5.41, 5.74) is 8.50. The third kappa shape index (κ3) is 7.12. The molecule has 9 aromatic rings. The average Bonchev–Trinajstić information content (AvgIpc) is 3.22. The molecular weight excluding hydrogens is 808 g/mol. The van der Waals surface area contributed by atoms with Gasteiger partial charge in [0.1, 0.15) is 11.5 Å². The zero-order valence-electron chi connectivity index (χ0n) is 41.5. The summed E-state index contributed by atoms with van der Waals surface area (Å²) in [6.45, 7) is 37.6. The lowest BCUT2D eigenvalue weighted by Crippen LogP contribution is -2.55. The molecule has 5 heteroatoms. The number of rotatable bonds is 10. The van der Waals surface area contributed by atoms with Gasteiger partial charge >= 0.3 is 0 Å². The fourth-order valence-corrected chi connectivity index (χ4v) is 12.0. The Morgan fingerprint density at radius 1 is 0.406 bits per heavy atom. The molecule has 0 radical (unpaired) electrons. The van der Waals surface area contributed by atoms with Crippen molar-refractivity contribution >= 4 is 104 Å². The quantitative estimate of drug-likeness (QED) is 0.101. The molecule has 0 aliphatic carbocycles. The number of hydrogen-bond donors (Lipinski definition) is 0. The van der Waals surface area contributed by atoms with Gasteiger partial charge in [0.05, 0.1) is 0 Å². The normalized spacial score (nSPS) is 13.4. The molecule has 0 atom stereocenters. The summed E-state index contributed by atoms with van der Waals surface area (Å²) in [5.74, 6) is 3.11. The van der Waals surface area contributed by atoms with Crippen molar-refractivity contribution < 1.29 is 8.85 Å². The van der Waals surface area contributed by atoms with E-state index < -0.39 is 16.6 Å². The molecule has 0 spiro atoms. The average molecular weight is 877 g/mol. The van der Waals surface area contributed by atoms with Gasteiger partial charge in [-0.25, -0.2) is 0 Å². The van der Waals surface area contributed by atoms with Gasteiger partial charge in [-0.05, 0) is 126 Å². The van der Waals surface area contributed by atoms with Crippen LogP contribution >= 0.6 is 0 Å². The number of benzene rings is 9. The first-order chi connectivity index (χ1) is 30.0. The van der Waals surface area contributed by atoms with Crippen LogP contribution in [0.1, 0.15) is 118 Å². The maximum atomic E-state index is 7.14. The van der Waals surface area contributed by atoms with Crippen molar-refractivity contribution in [2.75, 3.05) is 0 Å². The van der Waals surface area contributed by atoms with Gasteiger partial charge in [-0.15, -0.1) is 0 Å². The highest BCUT2D eigenvalue weighted by Gasteiger charge is 2.41. The predicted molar refractivity (Wildman–Crippen MR) is 289 cm³/mol. The van der Waals surface area contributed by atoms with E-state index in [4.69, 9.17) is 8.85 Å². The van der Waals surface area contributed by atoms with E-state index in [1.54, 1.807) is 0 Å². The standard InChI is InChI=1S/C59H69BO2Si2/c1-35(2)42-33-47(36(3)4)57(48(34-42)37(5)6)60(49-29-21-38-17-19-40-23-31-51(61-63(13,14)58(7,8)9)45-27-25-43(49)53(38)55(40)45)50-30-22-39-18-20-41-24-32-52(62-64(15,16)59(10,11)12)46-28-26-44(50)54(39)56(41)46/h17-37H,1-16H3. The van der Waals surface area contributed by atoms with Crippen molar-refractivity contribution in [2.24, 2.45) is 0 Å². The lowest BCUT2D eigenvalue weighted by Gasteiger charge is -2.37. The van der Waals surface area contributed by atoms with Gasteiger partial charge in [0.25, 0.3) is 16.6 Å². The Morgan fingerprint density at radius 3 is 1.05 bits per heavy atom. The van der Waals surface area contributed by atoms with Gasteiger partial charge in [0, 0.05) is 21.5 Å². The number of hydrogen-bond acceptors (Lipinski definition) is 2. The molecule has 9 rings (SSSR count). The van der Waals surface area contributed by atoms with E-state index in [1.807, 2.05) is 0 Å². The van der Waals surface area contributed by atoms with Crippen LogP contribution in [0.25, 0.3) is 64.6 Å². The van der Waals surface area contributed by atoms with E-state index in [-0.39, 0.29) is 16.8 Å². The van der Waals surface area contributed by atoms with Crippen LogP contribution in [0, 0.1) is 0 Å². The molecule has 0 bridgehead atoms. The van der Waals surface area contributed by atoms with Crippen molar-refractivity contribution in [3.63, 3.8) is 0 Å². The van der Waals surface area contributed by atoms with Crippen molar-refractivity contribution in [3.8, 4) is 11.5 Å². The largest absolute Gasteiger partial charge is 0.543 e. The third-order valence-corrected chi connectivity index (χ3v) is 24.4. The van der Waals surface area contributed by atoms with E-state index >= 15 is 0 Å². The van der Waals surface area contributed by atoms with Crippen LogP contribution in [0.4, 0.5) is 0 Å². The van der Waals surface area contributed by atoms with Crippen LogP contribution in [0.15, 0.2) is 109 Å². The molecule has 0 saturated carbocycles. The summed E-state index contributed by atoms with van der Waals surface area (Å²) in [6, 6.07) is 42.7. The van der Waals surface area contributed by atoms with Gasteiger partial charge in [0.2, 0.25) is 6.71 Å². The van der Waals surface area contributed by atoms with Crippen LogP contribution in [0.3, 0.4) is 0 Å². The summed E-state index contributed by atoms with van der Waals surface area (Å²) in [4.78, 5) is 0. The predicted octanol–water partition coefficient (Wildman–Crippen LogP) is 16.1. The minimum absolute atomic E-state index is 0.0314. The summed E-state index contributed by atoms with van der Waals surface area (Å²) < 4.78 is 14.3. The summed E-state index contributed by atoms with van der Waals surface area (Å²) in [7, 11) is -4.22. The molecule has 0 aromatic heterocycles. The molecule has 0 heterocycles. The third-order valence-electron chi connectivity index (χ3n) is 15.7. The van der Waals surface area contributed by atoms with E-state index in [9.17, 15) is 0 Å². The van der Waals surface area contributed by atoms with Gasteiger partial charge in [-0.3, -0.25) is 0 Å². The second kappa shape index (κ2) is 15.4. The lowest BCUT2D eigenvalue weighted by molar-refractivity contribution is 0.496. The van der Waals surface area contributed by atoms with Crippen LogP contribution in [0.5, 0.6) is 11.5 Å². The van der Waals surface area contributed by atoms with Crippen LogP contribution in [-0.2, 0) is 0 Å². The molecule has 328 valence electrons. The monoisotopic (exact) mass is 876 g/mol. The Morgan fingerprint density at radius 2 is 0.719 bits per heavy atom. The summed E-state index contributed by atoms with van der Waals surface area (Å²) in [5, 5.41) is 15.6. The Balaban J connectivity index is 1.39. The van der Waals surface area contributed by atoms with Crippen LogP contribution in [0.2, 0.25) is 36.3 Å². The second-order valence-electron chi connectivity index (χ2n) is 23.0.